The molecule has 0 unspecified atom stereocenters. The molecule has 0 aliphatic rings. The van der Waals surface area contributed by atoms with E-state index in [4.69, 9.17) is 0 Å². The van der Waals surface area contributed by atoms with Crippen LogP contribution in [0.15, 0.2) is 34.2 Å². The molecule has 21 heavy (non-hydrogen) atoms. The van der Waals surface area contributed by atoms with Crippen molar-refractivity contribution in [3.63, 3.8) is 0 Å². The zero-order valence-corrected chi connectivity index (χ0v) is 15.4. The molecule has 0 aromatic heterocycles. The Bertz CT molecular complexity index is 612. The third-order valence-corrected chi connectivity index (χ3v) is 6.51. The maximum Gasteiger partial charge on any atom is 0.244 e. The Hall–Kier alpha value is -0.690. The Morgan fingerprint density at radius 2 is 2.05 bits per heavy atom. The van der Waals surface area contributed by atoms with Crippen molar-refractivity contribution in [3.8, 4) is 0 Å². The van der Waals surface area contributed by atoms with E-state index < -0.39 is 10.0 Å². The number of hydrogen-bond donors (Lipinski definition) is 1. The van der Waals surface area contributed by atoms with Gasteiger partial charge in [-0.3, -0.25) is 0 Å². The minimum atomic E-state index is -3.57. The Labute approximate surface area is 136 Å². The molecular formula is C15H23BrN2O2S. The van der Waals surface area contributed by atoms with Crippen LogP contribution in [0.1, 0.15) is 25.0 Å². The van der Waals surface area contributed by atoms with Gasteiger partial charge in [0.05, 0.1) is 4.90 Å². The van der Waals surface area contributed by atoms with E-state index in [0.717, 1.165) is 11.1 Å². The Morgan fingerprint density at radius 3 is 2.52 bits per heavy atom. The number of aryl methyl sites for hydroxylation is 1. The molecular weight excluding hydrogens is 352 g/mol. The fraction of sp³-hybridized carbons (Fsp3) is 0.467. The smallest absolute Gasteiger partial charge is 0.244 e. The summed E-state index contributed by atoms with van der Waals surface area (Å²) in [5, 5.41) is 3.05. The van der Waals surface area contributed by atoms with Crippen LogP contribution in [0.5, 0.6) is 0 Å². The van der Waals surface area contributed by atoms with E-state index in [-0.39, 0.29) is 6.04 Å². The molecule has 1 aromatic rings. The van der Waals surface area contributed by atoms with Crippen molar-refractivity contribution in [2.75, 3.05) is 13.6 Å². The largest absolute Gasteiger partial charge is 0.316 e. The summed E-state index contributed by atoms with van der Waals surface area (Å²) < 4.78 is 27.9. The van der Waals surface area contributed by atoms with E-state index >= 15 is 0 Å². The summed E-state index contributed by atoms with van der Waals surface area (Å²) in [7, 11) is -1.73. The molecule has 6 heteroatoms. The van der Waals surface area contributed by atoms with Gasteiger partial charge >= 0.3 is 0 Å². The summed E-state index contributed by atoms with van der Waals surface area (Å²) in [6.45, 7) is 10.2. The van der Waals surface area contributed by atoms with E-state index in [1.165, 1.54) is 4.31 Å². The molecule has 4 nitrogen and oxygen atoms in total. The third-order valence-electron chi connectivity index (χ3n) is 3.13. The Balaban J connectivity index is 3.45. The third kappa shape index (κ3) is 4.16. The summed E-state index contributed by atoms with van der Waals surface area (Å²) in [6, 6.07) is 3.57. The molecule has 1 rings (SSSR count). The number of hydrogen-bond acceptors (Lipinski definition) is 3. The van der Waals surface area contributed by atoms with Gasteiger partial charge in [0.1, 0.15) is 0 Å². The number of rotatable bonds is 7. The van der Waals surface area contributed by atoms with Gasteiger partial charge in [-0.05, 0) is 60.9 Å². The lowest BCUT2D eigenvalue weighted by atomic mass is 10.1. The molecule has 0 fully saturated rings. The summed E-state index contributed by atoms with van der Waals surface area (Å²) in [5.41, 5.74) is 1.85. The number of nitrogens with zero attached hydrogens (tertiary/aromatic N) is 1. The van der Waals surface area contributed by atoms with Crippen molar-refractivity contribution >= 4 is 26.0 Å². The van der Waals surface area contributed by atoms with Crippen LogP contribution in [0.4, 0.5) is 0 Å². The van der Waals surface area contributed by atoms with Gasteiger partial charge in [0.25, 0.3) is 0 Å². The molecule has 0 amide bonds. The van der Waals surface area contributed by atoms with E-state index in [1.54, 1.807) is 12.1 Å². The topological polar surface area (TPSA) is 49.4 Å². The Morgan fingerprint density at radius 1 is 1.43 bits per heavy atom. The number of nitrogens with one attached hydrogen (secondary N) is 1. The standard InChI is InChI=1S/C15H23BrN2O2S/c1-6-7-18(11(2)3)21(19,20)14-9-13(10-17-5)8-12(4)15(14)16/h6,8-9,11,17H,1,7,10H2,2-5H3. The molecule has 0 spiro atoms. The normalized spacial score (nSPS) is 12.1. The highest BCUT2D eigenvalue weighted by Crippen LogP contribution is 2.30. The predicted molar refractivity (Wildman–Crippen MR) is 90.9 cm³/mol. The average molecular weight is 375 g/mol. The van der Waals surface area contributed by atoms with Gasteiger partial charge in [0.2, 0.25) is 10.0 Å². The molecule has 1 aromatic carbocycles. The highest BCUT2D eigenvalue weighted by atomic mass is 79.9. The van der Waals surface area contributed by atoms with Gasteiger partial charge < -0.3 is 5.32 Å². The lowest BCUT2D eigenvalue weighted by molar-refractivity contribution is 0.382. The average Bonchev–Trinajstić information content (AvgIpc) is 2.39. The molecule has 0 atom stereocenters. The minimum absolute atomic E-state index is 0.131. The van der Waals surface area contributed by atoms with Crippen molar-refractivity contribution in [1.29, 1.82) is 0 Å². The lowest BCUT2D eigenvalue weighted by Gasteiger charge is -2.25. The molecule has 1 N–H and O–H groups in total. The molecule has 0 heterocycles. The highest BCUT2D eigenvalue weighted by Gasteiger charge is 2.28. The predicted octanol–water partition coefficient (Wildman–Crippen LogP) is 3.06. The van der Waals surface area contributed by atoms with E-state index in [9.17, 15) is 8.42 Å². The van der Waals surface area contributed by atoms with Crippen LogP contribution >= 0.6 is 15.9 Å². The van der Waals surface area contributed by atoms with Crippen LogP contribution in [-0.2, 0) is 16.6 Å². The molecule has 0 saturated carbocycles. The van der Waals surface area contributed by atoms with E-state index in [2.05, 4.69) is 27.8 Å². The summed E-state index contributed by atoms with van der Waals surface area (Å²) in [4.78, 5) is 0.309. The van der Waals surface area contributed by atoms with Gasteiger partial charge in [-0.1, -0.05) is 12.1 Å². The quantitative estimate of drug-likeness (QED) is 0.746. The maximum atomic E-state index is 12.9. The second-order valence-electron chi connectivity index (χ2n) is 5.21. The zero-order valence-electron chi connectivity index (χ0n) is 13.0. The van der Waals surface area contributed by atoms with Crippen molar-refractivity contribution in [2.45, 2.75) is 38.3 Å². The molecule has 118 valence electrons. The van der Waals surface area contributed by atoms with Crippen LogP contribution < -0.4 is 5.32 Å². The van der Waals surface area contributed by atoms with Crippen LogP contribution in [0.3, 0.4) is 0 Å². The second-order valence-corrected chi connectivity index (χ2v) is 7.86. The molecule has 0 bridgehead atoms. The second kappa shape index (κ2) is 7.54. The van der Waals surface area contributed by atoms with Gasteiger partial charge in [0, 0.05) is 23.6 Å². The first-order valence-corrected chi connectivity index (χ1v) is 9.05. The SMILES string of the molecule is C=CCN(C(C)C)S(=O)(=O)c1cc(CNC)cc(C)c1Br. The first kappa shape index (κ1) is 18.4. The van der Waals surface area contributed by atoms with Crippen LogP contribution in [0.25, 0.3) is 0 Å². The zero-order chi connectivity index (χ0) is 16.2. The Kier molecular flexibility index (Phi) is 6.59. The van der Waals surface area contributed by atoms with Crippen molar-refractivity contribution < 1.29 is 8.42 Å². The molecule has 0 saturated heterocycles. The summed E-state index contributed by atoms with van der Waals surface area (Å²) in [5.74, 6) is 0. The van der Waals surface area contributed by atoms with Gasteiger partial charge in [-0.15, -0.1) is 6.58 Å². The first-order chi connectivity index (χ1) is 9.75. The van der Waals surface area contributed by atoms with Crippen LogP contribution in [0, 0.1) is 6.92 Å². The van der Waals surface area contributed by atoms with E-state index in [1.807, 2.05) is 33.9 Å². The van der Waals surface area contributed by atoms with Gasteiger partial charge in [-0.25, -0.2) is 8.42 Å². The molecule has 0 radical (unpaired) electrons. The maximum absolute atomic E-state index is 12.9. The number of benzene rings is 1. The summed E-state index contributed by atoms with van der Waals surface area (Å²) >= 11 is 3.42. The van der Waals surface area contributed by atoms with Crippen LogP contribution in [-0.4, -0.2) is 32.4 Å². The first-order valence-electron chi connectivity index (χ1n) is 6.82. The van der Waals surface area contributed by atoms with Crippen molar-refractivity contribution in [3.05, 3.63) is 40.4 Å². The van der Waals surface area contributed by atoms with Crippen molar-refractivity contribution in [2.24, 2.45) is 0 Å². The number of sulfonamides is 1. The number of halogens is 1. The minimum Gasteiger partial charge on any atom is -0.316 e. The van der Waals surface area contributed by atoms with Gasteiger partial charge in [0.15, 0.2) is 0 Å². The van der Waals surface area contributed by atoms with Crippen LogP contribution in [0.2, 0.25) is 0 Å². The summed E-state index contributed by atoms with van der Waals surface area (Å²) in [6.07, 6.45) is 1.61. The van der Waals surface area contributed by atoms with Gasteiger partial charge in [-0.2, -0.15) is 4.31 Å². The monoisotopic (exact) mass is 374 g/mol. The van der Waals surface area contributed by atoms with Crippen molar-refractivity contribution in [1.82, 2.24) is 9.62 Å². The molecule has 0 aliphatic heterocycles. The van der Waals surface area contributed by atoms with E-state index in [0.29, 0.717) is 22.5 Å². The highest BCUT2D eigenvalue weighted by molar-refractivity contribution is 9.10. The fourth-order valence-corrected chi connectivity index (χ4v) is 4.78. The lowest BCUT2D eigenvalue weighted by Crippen LogP contribution is -2.37. The fourth-order valence-electron chi connectivity index (χ4n) is 2.14. The molecule has 0 aliphatic carbocycles.